The minimum atomic E-state index is -0.206. The molecule has 3 fully saturated rings. The van der Waals surface area contributed by atoms with Gasteiger partial charge in [-0.15, -0.1) is 12.4 Å². The second-order valence-electron chi connectivity index (χ2n) is 10.7. The van der Waals surface area contributed by atoms with Gasteiger partial charge >= 0.3 is 0 Å². The van der Waals surface area contributed by atoms with Crippen LogP contribution in [-0.2, 0) is 4.74 Å². The lowest BCUT2D eigenvalue weighted by Gasteiger charge is -2.35. The van der Waals surface area contributed by atoms with Crippen molar-refractivity contribution in [3.8, 4) is 0 Å². The maximum atomic E-state index is 12.9. The smallest absolute Gasteiger partial charge is 0.258 e. The maximum absolute atomic E-state index is 12.9. The monoisotopic (exact) mass is 539 g/mol. The van der Waals surface area contributed by atoms with Crippen LogP contribution in [0, 0.1) is 0 Å². The number of hydrogen-bond acceptors (Lipinski definition) is 7. The van der Waals surface area contributed by atoms with E-state index < -0.39 is 0 Å². The predicted octanol–water partition coefficient (Wildman–Crippen LogP) is 4.14. The third kappa shape index (κ3) is 5.96. The zero-order valence-electron chi connectivity index (χ0n) is 22.0. The van der Waals surface area contributed by atoms with E-state index >= 15 is 0 Å². The number of likely N-dealkylation sites (tertiary alicyclic amines) is 1. The van der Waals surface area contributed by atoms with Crippen LogP contribution < -0.4 is 15.5 Å². The van der Waals surface area contributed by atoms with Gasteiger partial charge in [-0.1, -0.05) is 0 Å². The Kier molecular flexibility index (Phi) is 8.48. The van der Waals surface area contributed by atoms with Crippen LogP contribution >= 0.6 is 12.4 Å². The fourth-order valence-electron chi connectivity index (χ4n) is 5.92. The molecule has 3 aromatic heterocycles. The van der Waals surface area contributed by atoms with Gasteiger partial charge in [0.05, 0.1) is 23.3 Å². The zero-order chi connectivity index (χ0) is 25.2. The lowest BCUT2D eigenvalue weighted by molar-refractivity contribution is -0.0364. The molecule has 0 aromatic carbocycles. The first kappa shape index (κ1) is 26.9. The molecular weight excluding hydrogens is 502 g/mol. The molecule has 0 bridgehead atoms. The van der Waals surface area contributed by atoms with E-state index in [2.05, 4.69) is 48.5 Å². The number of pyridine rings is 2. The molecule has 0 radical (unpaired) electrons. The molecular formula is C28H38ClN7O2. The number of anilines is 2. The summed E-state index contributed by atoms with van der Waals surface area (Å²) in [6.45, 7) is 5.09. The molecule has 9 nitrogen and oxygen atoms in total. The van der Waals surface area contributed by atoms with Gasteiger partial charge in [0.2, 0.25) is 0 Å². The number of aromatic nitrogens is 3. The zero-order valence-corrected chi connectivity index (χ0v) is 22.8. The fourth-order valence-corrected chi connectivity index (χ4v) is 5.92. The van der Waals surface area contributed by atoms with Crippen molar-refractivity contribution in [3.05, 3.63) is 47.9 Å². The first-order valence-electron chi connectivity index (χ1n) is 13.7. The highest BCUT2D eigenvalue weighted by Gasteiger charge is 2.25. The standard InChI is InChI=1S/C28H37N7O2.ClH/c1-34-12-2-3-25(34)24-15-20-18-30-26(16-23(20)32-24)33-28(36)19-4-5-27(31-17-19)35-13-8-22(9-14-35)37-21-6-10-29-11-7-21;/h4-5,15-18,21-22,25,29,32H,2-3,6-14H2,1H3,(H,30,33,36);1H/t25-;/m1./s1. The minimum absolute atomic E-state index is 0. The molecule has 10 heteroatoms. The summed E-state index contributed by atoms with van der Waals surface area (Å²) < 4.78 is 6.33. The first-order valence-corrected chi connectivity index (χ1v) is 13.7. The molecule has 1 atom stereocenters. The van der Waals surface area contributed by atoms with E-state index in [0.29, 0.717) is 29.6 Å². The molecule has 3 aromatic rings. The first-order chi connectivity index (χ1) is 18.1. The minimum Gasteiger partial charge on any atom is -0.375 e. The lowest BCUT2D eigenvalue weighted by Crippen LogP contribution is -2.41. The summed E-state index contributed by atoms with van der Waals surface area (Å²) in [7, 11) is 2.17. The summed E-state index contributed by atoms with van der Waals surface area (Å²) in [5.41, 5.74) is 2.72. The molecule has 1 amide bonds. The van der Waals surface area contributed by atoms with Crippen LogP contribution in [-0.4, -0.2) is 77.7 Å². The molecule has 0 aliphatic carbocycles. The van der Waals surface area contributed by atoms with Gasteiger partial charge in [-0.3, -0.25) is 9.69 Å². The van der Waals surface area contributed by atoms with Crippen LogP contribution in [0.4, 0.5) is 11.6 Å². The van der Waals surface area contributed by atoms with Crippen molar-refractivity contribution in [3.63, 3.8) is 0 Å². The Hall–Kier alpha value is -2.72. The molecule has 3 N–H and O–H groups in total. The van der Waals surface area contributed by atoms with Crippen LogP contribution in [0.5, 0.6) is 0 Å². The highest BCUT2D eigenvalue weighted by atomic mass is 35.5. The van der Waals surface area contributed by atoms with Gasteiger partial charge in [0, 0.05) is 48.7 Å². The number of ether oxygens (including phenoxy) is 1. The molecule has 3 aliphatic rings. The summed E-state index contributed by atoms with van der Waals surface area (Å²) in [6.07, 6.45) is 10.8. The largest absolute Gasteiger partial charge is 0.375 e. The maximum Gasteiger partial charge on any atom is 0.258 e. The van der Waals surface area contributed by atoms with E-state index in [4.69, 9.17) is 4.74 Å². The van der Waals surface area contributed by atoms with E-state index in [1.807, 2.05) is 24.4 Å². The summed E-state index contributed by atoms with van der Waals surface area (Å²) in [6, 6.07) is 8.28. The number of fused-ring (bicyclic) bond motifs is 1. The second kappa shape index (κ2) is 12.0. The molecule has 0 saturated carbocycles. The Morgan fingerprint density at radius 3 is 2.50 bits per heavy atom. The number of halogens is 1. The Balaban J connectivity index is 0.00000294. The molecule has 204 valence electrons. The van der Waals surface area contributed by atoms with Crippen LogP contribution in [0.15, 0.2) is 36.7 Å². The summed E-state index contributed by atoms with van der Waals surface area (Å²) in [4.78, 5) is 30.1. The summed E-state index contributed by atoms with van der Waals surface area (Å²) in [5, 5.41) is 7.38. The Morgan fingerprint density at radius 1 is 1.00 bits per heavy atom. The number of hydrogen-bond donors (Lipinski definition) is 3. The van der Waals surface area contributed by atoms with Gasteiger partial charge in [0.25, 0.3) is 5.91 Å². The Bertz CT molecular complexity index is 1220. The fraction of sp³-hybridized carbons (Fsp3) is 0.536. The molecule has 6 heterocycles. The van der Waals surface area contributed by atoms with Crippen molar-refractivity contribution in [2.24, 2.45) is 0 Å². The van der Waals surface area contributed by atoms with E-state index in [-0.39, 0.29) is 18.3 Å². The lowest BCUT2D eigenvalue weighted by atomic mass is 10.1. The number of nitrogens with one attached hydrogen (secondary N) is 3. The van der Waals surface area contributed by atoms with Crippen molar-refractivity contribution in [1.29, 1.82) is 0 Å². The molecule has 3 saturated heterocycles. The van der Waals surface area contributed by atoms with Gasteiger partial charge < -0.3 is 25.3 Å². The number of rotatable bonds is 6. The van der Waals surface area contributed by atoms with Crippen molar-refractivity contribution in [1.82, 2.24) is 25.2 Å². The van der Waals surface area contributed by atoms with Crippen LogP contribution in [0.3, 0.4) is 0 Å². The number of amides is 1. The van der Waals surface area contributed by atoms with Crippen LogP contribution in [0.2, 0.25) is 0 Å². The molecule has 0 spiro atoms. The quantitative estimate of drug-likeness (QED) is 0.433. The summed E-state index contributed by atoms with van der Waals surface area (Å²) >= 11 is 0. The number of aromatic amines is 1. The molecule has 0 unspecified atom stereocenters. The highest BCUT2D eigenvalue weighted by Crippen LogP contribution is 2.32. The Morgan fingerprint density at radius 2 is 1.79 bits per heavy atom. The second-order valence-corrected chi connectivity index (χ2v) is 10.7. The van der Waals surface area contributed by atoms with Gasteiger partial charge in [0.1, 0.15) is 11.6 Å². The number of carbonyl (C=O) groups excluding carboxylic acids is 1. The number of H-pyrrole nitrogens is 1. The number of carbonyl (C=O) groups is 1. The highest BCUT2D eigenvalue weighted by molar-refractivity contribution is 6.04. The van der Waals surface area contributed by atoms with Gasteiger partial charge in [0.15, 0.2) is 0 Å². The van der Waals surface area contributed by atoms with Crippen LogP contribution in [0.1, 0.15) is 60.6 Å². The average molecular weight is 540 g/mol. The van der Waals surface area contributed by atoms with Crippen molar-refractivity contribution < 1.29 is 9.53 Å². The molecule has 3 aliphatic heterocycles. The third-order valence-corrected chi connectivity index (χ3v) is 8.09. The Labute approximate surface area is 230 Å². The van der Waals surface area contributed by atoms with Crippen molar-refractivity contribution >= 4 is 40.9 Å². The molecule has 38 heavy (non-hydrogen) atoms. The van der Waals surface area contributed by atoms with E-state index in [0.717, 1.165) is 81.5 Å². The number of nitrogens with zero attached hydrogens (tertiary/aromatic N) is 4. The third-order valence-electron chi connectivity index (χ3n) is 8.09. The van der Waals surface area contributed by atoms with E-state index in [1.165, 1.54) is 12.1 Å². The SMILES string of the molecule is CN1CCC[C@@H]1c1cc2cnc(NC(=O)c3ccc(N4CCC(OC5CCNCC5)CC4)nc3)cc2[nH]1.Cl. The topological polar surface area (TPSA) is 98.4 Å². The van der Waals surface area contributed by atoms with Crippen LogP contribution in [0.25, 0.3) is 10.9 Å². The normalized spacial score (nSPS) is 21.5. The van der Waals surface area contributed by atoms with Gasteiger partial charge in [-0.05, 0) is 83.4 Å². The number of piperidine rings is 2. The average Bonchev–Trinajstić information content (AvgIpc) is 3.55. The van der Waals surface area contributed by atoms with Crippen molar-refractivity contribution in [2.75, 3.05) is 50.0 Å². The predicted molar refractivity (Wildman–Crippen MR) is 152 cm³/mol. The van der Waals surface area contributed by atoms with E-state index in [9.17, 15) is 4.79 Å². The van der Waals surface area contributed by atoms with E-state index in [1.54, 1.807) is 6.20 Å². The van der Waals surface area contributed by atoms with Gasteiger partial charge in [-0.25, -0.2) is 9.97 Å². The van der Waals surface area contributed by atoms with Gasteiger partial charge in [-0.2, -0.15) is 0 Å². The molecule has 6 rings (SSSR count). The summed E-state index contributed by atoms with van der Waals surface area (Å²) in [5.74, 6) is 1.24. The van der Waals surface area contributed by atoms with Crippen molar-refractivity contribution in [2.45, 2.75) is 56.8 Å².